The van der Waals surface area contributed by atoms with Gasteiger partial charge in [0.1, 0.15) is 12.9 Å². The Hall–Kier alpha value is -1.10. The van der Waals surface area contributed by atoms with Crippen LogP contribution in [0.4, 0.5) is 4.79 Å². The second kappa shape index (κ2) is 7.07. The molecule has 2 rings (SSSR count). The maximum atomic E-state index is 11.5. The van der Waals surface area contributed by atoms with E-state index in [2.05, 4.69) is 0 Å². The van der Waals surface area contributed by atoms with Gasteiger partial charge in [-0.05, 0) is 45.4 Å². The largest absolute Gasteiger partial charge is 0.508 e. The number of ether oxygens (including phenoxy) is 3. The van der Waals surface area contributed by atoms with E-state index >= 15 is 0 Å². The Bertz CT molecular complexity index is 341. The Morgan fingerprint density at radius 2 is 2.00 bits per heavy atom. The summed E-state index contributed by atoms with van der Waals surface area (Å²) in [6.45, 7) is 3.95. The van der Waals surface area contributed by atoms with Gasteiger partial charge in [-0.2, -0.15) is 0 Å². The van der Waals surface area contributed by atoms with Crippen molar-refractivity contribution in [1.29, 1.82) is 0 Å². The quantitative estimate of drug-likeness (QED) is 0.408. The molecule has 0 aromatic rings. The van der Waals surface area contributed by atoms with Crippen molar-refractivity contribution in [2.75, 3.05) is 6.61 Å². The standard InChI is InChI=1S/C15H24O5/c1-10(2)19-15(17)18-9-12-11(5-3-4-8-16)13-6-7-14(12)20-13/h8,10-14H,3-7,9H2,1-2H3/t11-,12+,13-,14+/m1/s1. The molecule has 0 N–H and O–H groups in total. The predicted molar refractivity (Wildman–Crippen MR) is 72.4 cm³/mol. The van der Waals surface area contributed by atoms with Crippen LogP contribution in [0.2, 0.25) is 0 Å². The lowest BCUT2D eigenvalue weighted by atomic mass is 9.77. The van der Waals surface area contributed by atoms with Crippen molar-refractivity contribution in [3.63, 3.8) is 0 Å². The first-order valence-corrected chi connectivity index (χ1v) is 7.54. The molecule has 0 aromatic carbocycles. The number of unbranched alkanes of at least 4 members (excludes halogenated alkanes) is 1. The zero-order valence-electron chi connectivity index (χ0n) is 12.2. The molecule has 5 heteroatoms. The van der Waals surface area contributed by atoms with Gasteiger partial charge in [-0.1, -0.05) is 0 Å². The lowest BCUT2D eigenvalue weighted by Crippen LogP contribution is -2.32. The van der Waals surface area contributed by atoms with Crippen molar-refractivity contribution in [2.24, 2.45) is 11.8 Å². The third kappa shape index (κ3) is 3.72. The van der Waals surface area contributed by atoms with Gasteiger partial charge in [0.2, 0.25) is 0 Å². The van der Waals surface area contributed by atoms with E-state index in [0.29, 0.717) is 18.9 Å². The summed E-state index contributed by atoms with van der Waals surface area (Å²) in [5, 5.41) is 0. The van der Waals surface area contributed by atoms with Crippen molar-refractivity contribution in [3.05, 3.63) is 0 Å². The van der Waals surface area contributed by atoms with Crippen molar-refractivity contribution in [2.45, 2.75) is 64.3 Å². The molecular weight excluding hydrogens is 260 g/mol. The highest BCUT2D eigenvalue weighted by atomic mass is 16.7. The van der Waals surface area contributed by atoms with Crippen LogP contribution in [-0.2, 0) is 19.0 Å². The number of aldehydes is 1. The van der Waals surface area contributed by atoms with Crippen molar-refractivity contribution in [3.8, 4) is 0 Å². The zero-order chi connectivity index (χ0) is 14.5. The molecule has 20 heavy (non-hydrogen) atoms. The molecule has 2 aliphatic heterocycles. The average Bonchev–Trinajstić information content (AvgIpc) is 2.97. The summed E-state index contributed by atoms with van der Waals surface area (Å²) in [5.41, 5.74) is 0. The van der Waals surface area contributed by atoms with Gasteiger partial charge in [0.05, 0.1) is 18.3 Å². The normalized spacial score (nSPS) is 31.6. The third-order valence-electron chi connectivity index (χ3n) is 4.18. The summed E-state index contributed by atoms with van der Waals surface area (Å²) in [4.78, 5) is 21.9. The molecule has 0 aromatic heterocycles. The van der Waals surface area contributed by atoms with Crippen LogP contribution in [0.1, 0.15) is 46.0 Å². The van der Waals surface area contributed by atoms with Crippen molar-refractivity contribution < 1.29 is 23.8 Å². The van der Waals surface area contributed by atoms with E-state index in [1.54, 1.807) is 13.8 Å². The van der Waals surface area contributed by atoms with Crippen LogP contribution >= 0.6 is 0 Å². The average molecular weight is 284 g/mol. The molecular formula is C15H24O5. The van der Waals surface area contributed by atoms with Crippen LogP contribution in [0, 0.1) is 11.8 Å². The number of hydrogen-bond donors (Lipinski definition) is 0. The van der Waals surface area contributed by atoms with E-state index in [4.69, 9.17) is 14.2 Å². The predicted octanol–water partition coefficient (Wildman–Crippen LogP) is 2.71. The third-order valence-corrected chi connectivity index (χ3v) is 4.18. The van der Waals surface area contributed by atoms with Crippen LogP contribution in [-0.4, -0.2) is 37.4 Å². The Kier molecular flexibility index (Phi) is 5.40. The fourth-order valence-electron chi connectivity index (χ4n) is 3.33. The highest BCUT2D eigenvalue weighted by Gasteiger charge is 2.48. The molecule has 2 aliphatic rings. The molecule has 0 amide bonds. The van der Waals surface area contributed by atoms with Crippen LogP contribution in [0.3, 0.4) is 0 Å². The summed E-state index contributed by atoms with van der Waals surface area (Å²) in [7, 11) is 0. The number of carbonyl (C=O) groups excluding carboxylic acids is 2. The lowest BCUT2D eigenvalue weighted by Gasteiger charge is -2.27. The molecule has 4 atom stereocenters. The number of fused-ring (bicyclic) bond motifs is 2. The van der Waals surface area contributed by atoms with Crippen molar-refractivity contribution in [1.82, 2.24) is 0 Å². The van der Waals surface area contributed by atoms with Crippen LogP contribution in [0.5, 0.6) is 0 Å². The Labute approximate surface area is 120 Å². The highest BCUT2D eigenvalue weighted by Crippen LogP contribution is 2.45. The fourth-order valence-corrected chi connectivity index (χ4v) is 3.33. The van der Waals surface area contributed by atoms with E-state index < -0.39 is 6.16 Å². The van der Waals surface area contributed by atoms with Gasteiger partial charge < -0.3 is 19.0 Å². The molecule has 2 saturated heterocycles. The summed E-state index contributed by atoms with van der Waals surface area (Å²) >= 11 is 0. The topological polar surface area (TPSA) is 61.8 Å². The minimum atomic E-state index is -0.602. The Morgan fingerprint density at radius 3 is 2.65 bits per heavy atom. The maximum Gasteiger partial charge on any atom is 0.508 e. The molecule has 5 nitrogen and oxygen atoms in total. The van der Waals surface area contributed by atoms with Crippen LogP contribution < -0.4 is 0 Å². The number of hydrogen-bond acceptors (Lipinski definition) is 5. The summed E-state index contributed by atoms with van der Waals surface area (Å²) in [6.07, 6.45) is 5.24. The van der Waals surface area contributed by atoms with E-state index in [0.717, 1.165) is 32.0 Å². The molecule has 0 spiro atoms. The molecule has 0 unspecified atom stereocenters. The summed E-state index contributed by atoms with van der Waals surface area (Å²) in [5.74, 6) is 0.653. The SMILES string of the molecule is CC(C)OC(=O)OC[C@H]1[C@@H](CCCC=O)[C@H]2CC[C@@H]1O2. The lowest BCUT2D eigenvalue weighted by molar-refractivity contribution is -0.108. The molecule has 0 aliphatic carbocycles. The van der Waals surface area contributed by atoms with Gasteiger partial charge in [0.25, 0.3) is 0 Å². The minimum absolute atomic E-state index is 0.165. The van der Waals surface area contributed by atoms with Crippen LogP contribution in [0.25, 0.3) is 0 Å². The van der Waals surface area contributed by atoms with Crippen LogP contribution in [0.15, 0.2) is 0 Å². The second-order valence-corrected chi connectivity index (χ2v) is 5.94. The van der Waals surface area contributed by atoms with Gasteiger partial charge in [-0.25, -0.2) is 4.79 Å². The van der Waals surface area contributed by atoms with E-state index in [1.165, 1.54) is 0 Å². The first kappa shape index (κ1) is 15.3. The smallest absolute Gasteiger partial charge is 0.434 e. The van der Waals surface area contributed by atoms with Gasteiger partial charge in [-0.15, -0.1) is 0 Å². The highest BCUT2D eigenvalue weighted by molar-refractivity contribution is 5.60. The molecule has 2 fully saturated rings. The van der Waals surface area contributed by atoms with Gasteiger partial charge >= 0.3 is 6.16 Å². The molecule has 2 bridgehead atoms. The first-order chi connectivity index (χ1) is 9.61. The maximum absolute atomic E-state index is 11.5. The Morgan fingerprint density at radius 1 is 1.30 bits per heavy atom. The van der Waals surface area contributed by atoms with Gasteiger partial charge in [0, 0.05) is 12.3 Å². The van der Waals surface area contributed by atoms with Crippen molar-refractivity contribution >= 4 is 12.4 Å². The van der Waals surface area contributed by atoms with E-state index in [9.17, 15) is 9.59 Å². The molecule has 0 saturated carbocycles. The summed E-state index contributed by atoms with van der Waals surface area (Å²) < 4.78 is 16.1. The monoisotopic (exact) mass is 284 g/mol. The van der Waals surface area contributed by atoms with E-state index in [1.807, 2.05) is 0 Å². The Balaban J connectivity index is 1.81. The minimum Gasteiger partial charge on any atom is -0.434 e. The van der Waals surface area contributed by atoms with Gasteiger partial charge in [-0.3, -0.25) is 0 Å². The fraction of sp³-hybridized carbons (Fsp3) is 0.867. The number of rotatable bonds is 7. The number of carbonyl (C=O) groups is 2. The second-order valence-electron chi connectivity index (χ2n) is 5.94. The first-order valence-electron chi connectivity index (χ1n) is 7.54. The van der Waals surface area contributed by atoms with E-state index in [-0.39, 0.29) is 24.2 Å². The van der Waals surface area contributed by atoms with Gasteiger partial charge in [0.15, 0.2) is 0 Å². The molecule has 0 radical (unpaired) electrons. The zero-order valence-corrected chi connectivity index (χ0v) is 12.2. The summed E-state index contributed by atoms with van der Waals surface area (Å²) in [6, 6.07) is 0. The molecule has 2 heterocycles. The molecule has 114 valence electrons.